The molecule has 6 nitrogen and oxygen atoms in total. The number of aromatic nitrogens is 3. The summed E-state index contributed by atoms with van der Waals surface area (Å²) in [5.41, 5.74) is 6.91. The van der Waals surface area contributed by atoms with Crippen molar-refractivity contribution in [2.24, 2.45) is 0 Å². The van der Waals surface area contributed by atoms with Gasteiger partial charge >= 0.3 is 0 Å². The monoisotopic (exact) mass is 480 g/mol. The number of pyridine rings is 1. The Morgan fingerprint density at radius 1 is 1.06 bits per heavy atom. The van der Waals surface area contributed by atoms with E-state index in [4.69, 9.17) is 4.98 Å². The van der Waals surface area contributed by atoms with Crippen LogP contribution in [0.3, 0.4) is 0 Å². The van der Waals surface area contributed by atoms with E-state index in [9.17, 15) is 9.59 Å². The molecule has 0 atom stereocenters. The zero-order valence-corrected chi connectivity index (χ0v) is 20.4. The van der Waals surface area contributed by atoms with E-state index in [1.54, 1.807) is 4.90 Å². The highest BCUT2D eigenvalue weighted by atomic mass is 32.1. The first-order valence-electron chi connectivity index (χ1n) is 11.7. The maximum Gasteiger partial charge on any atom is 0.271 e. The summed E-state index contributed by atoms with van der Waals surface area (Å²) in [6, 6.07) is 18.2. The van der Waals surface area contributed by atoms with Gasteiger partial charge in [-0.2, -0.15) is 0 Å². The Morgan fingerprint density at radius 3 is 2.77 bits per heavy atom. The summed E-state index contributed by atoms with van der Waals surface area (Å²) < 4.78 is 1.95. The van der Waals surface area contributed by atoms with E-state index < -0.39 is 0 Å². The molecular weight excluding hydrogens is 456 g/mol. The van der Waals surface area contributed by atoms with Crippen LogP contribution in [0.15, 0.2) is 65.7 Å². The van der Waals surface area contributed by atoms with Crippen LogP contribution in [0.4, 0.5) is 5.69 Å². The normalized spacial score (nSPS) is 13.4. The molecule has 0 aliphatic carbocycles. The maximum absolute atomic E-state index is 13.3. The van der Waals surface area contributed by atoms with E-state index in [1.807, 2.05) is 30.3 Å². The number of carbonyl (C=O) groups is 1. The zero-order valence-electron chi connectivity index (χ0n) is 19.6. The molecule has 0 saturated heterocycles. The van der Waals surface area contributed by atoms with Crippen molar-refractivity contribution in [1.82, 2.24) is 14.5 Å². The summed E-state index contributed by atoms with van der Waals surface area (Å²) in [4.78, 5) is 38.5. The van der Waals surface area contributed by atoms with E-state index in [2.05, 4.69) is 43.1 Å². The summed E-state index contributed by atoms with van der Waals surface area (Å²) in [5.74, 6) is -0.100. The number of carbonyl (C=O) groups excluding carboxylic acids is 1. The average Bonchev–Trinajstić information content (AvgIpc) is 3.25. The number of aryl methyl sites for hydroxylation is 3. The number of benzene rings is 2. The largest absolute Gasteiger partial charge is 0.311 e. The molecule has 0 radical (unpaired) electrons. The standard InChI is InChI=1S/C28H24N4O2S/c1-17-9-10-20(14-18(17)2)22-12-11-21-25-26(35-27(21)30-22)28(34)31(16-29-25)15-24(33)32-13-5-7-19-6-3-4-8-23(19)32/h3-4,6,8-12,14,16H,5,7,13,15H2,1-2H3. The maximum atomic E-state index is 13.3. The molecule has 6 rings (SSSR count). The lowest BCUT2D eigenvalue weighted by molar-refractivity contribution is -0.119. The van der Waals surface area contributed by atoms with E-state index >= 15 is 0 Å². The van der Waals surface area contributed by atoms with Gasteiger partial charge in [0.15, 0.2) is 0 Å². The number of nitrogens with zero attached hydrogens (tertiary/aromatic N) is 4. The first kappa shape index (κ1) is 21.7. The Morgan fingerprint density at radius 2 is 1.91 bits per heavy atom. The quantitative estimate of drug-likeness (QED) is 0.353. The van der Waals surface area contributed by atoms with Gasteiger partial charge in [0.1, 0.15) is 16.1 Å². The molecule has 0 N–H and O–H groups in total. The number of hydrogen-bond donors (Lipinski definition) is 0. The van der Waals surface area contributed by atoms with Crippen molar-refractivity contribution in [3.8, 4) is 11.3 Å². The number of anilines is 1. The van der Waals surface area contributed by atoms with E-state index in [0.717, 1.165) is 40.0 Å². The number of rotatable bonds is 3. The Balaban J connectivity index is 1.35. The Kier molecular flexibility index (Phi) is 5.22. The SMILES string of the molecule is Cc1ccc(-c2ccc3c(n2)sc2c(=O)n(CC(=O)N4CCCc5ccccc54)cnc23)cc1C. The highest BCUT2D eigenvalue weighted by molar-refractivity contribution is 7.25. The summed E-state index contributed by atoms with van der Waals surface area (Å²) in [5, 5.41) is 0.859. The molecule has 3 aromatic heterocycles. The van der Waals surface area contributed by atoms with Crippen LogP contribution in [0, 0.1) is 13.8 Å². The molecule has 7 heteroatoms. The molecule has 2 aromatic carbocycles. The van der Waals surface area contributed by atoms with Gasteiger partial charge in [-0.05, 0) is 67.6 Å². The number of fused-ring (bicyclic) bond motifs is 4. The molecule has 0 spiro atoms. The van der Waals surface area contributed by atoms with Gasteiger partial charge in [-0.1, -0.05) is 30.3 Å². The van der Waals surface area contributed by atoms with E-state index in [0.29, 0.717) is 16.8 Å². The Hall–Kier alpha value is -3.84. The first-order valence-corrected chi connectivity index (χ1v) is 12.6. The summed E-state index contributed by atoms with van der Waals surface area (Å²) in [6.45, 7) is 4.81. The van der Waals surface area contributed by atoms with Crippen LogP contribution in [-0.2, 0) is 17.8 Å². The molecular formula is C28H24N4O2S. The predicted molar refractivity (Wildman–Crippen MR) is 141 cm³/mol. The average molecular weight is 481 g/mol. The van der Waals surface area contributed by atoms with Gasteiger partial charge in [0, 0.05) is 23.2 Å². The highest BCUT2D eigenvalue weighted by Gasteiger charge is 2.23. The van der Waals surface area contributed by atoms with Crippen molar-refractivity contribution in [2.75, 3.05) is 11.4 Å². The lowest BCUT2D eigenvalue weighted by atomic mass is 10.0. The van der Waals surface area contributed by atoms with E-state index in [-0.39, 0.29) is 18.0 Å². The summed E-state index contributed by atoms with van der Waals surface area (Å²) in [7, 11) is 0. The minimum Gasteiger partial charge on any atom is -0.311 e. The third kappa shape index (κ3) is 3.72. The topological polar surface area (TPSA) is 68.1 Å². The van der Waals surface area contributed by atoms with Gasteiger partial charge in [-0.15, -0.1) is 11.3 Å². The molecule has 0 bridgehead atoms. The van der Waals surface area contributed by atoms with Gasteiger partial charge in [0.2, 0.25) is 5.91 Å². The zero-order chi connectivity index (χ0) is 24.1. The van der Waals surface area contributed by atoms with Crippen LogP contribution in [0.1, 0.15) is 23.1 Å². The second-order valence-electron chi connectivity index (χ2n) is 9.08. The number of amides is 1. The van der Waals surface area contributed by atoms with Gasteiger partial charge in [0.05, 0.1) is 17.5 Å². The van der Waals surface area contributed by atoms with Crippen LogP contribution >= 0.6 is 11.3 Å². The van der Waals surface area contributed by atoms with Gasteiger partial charge in [-0.3, -0.25) is 14.2 Å². The summed E-state index contributed by atoms with van der Waals surface area (Å²) >= 11 is 1.34. The van der Waals surface area contributed by atoms with Gasteiger partial charge < -0.3 is 4.90 Å². The lowest BCUT2D eigenvalue weighted by Gasteiger charge is -2.29. The lowest BCUT2D eigenvalue weighted by Crippen LogP contribution is -2.39. The summed E-state index contributed by atoms with van der Waals surface area (Å²) in [6.07, 6.45) is 3.37. The molecule has 0 fully saturated rings. The molecule has 174 valence electrons. The van der Waals surface area contributed by atoms with Crippen LogP contribution < -0.4 is 10.5 Å². The van der Waals surface area contributed by atoms with Crippen molar-refractivity contribution in [2.45, 2.75) is 33.2 Å². The number of para-hydroxylation sites is 1. The fourth-order valence-electron chi connectivity index (χ4n) is 4.75. The van der Waals surface area contributed by atoms with Crippen molar-refractivity contribution in [1.29, 1.82) is 0 Å². The van der Waals surface area contributed by atoms with Gasteiger partial charge in [0.25, 0.3) is 5.56 Å². The second kappa shape index (κ2) is 8.43. The van der Waals surface area contributed by atoms with E-state index in [1.165, 1.54) is 38.9 Å². The third-order valence-corrected chi connectivity index (χ3v) is 7.91. The number of thiophene rings is 1. The van der Waals surface area contributed by atoms with Gasteiger partial charge in [-0.25, -0.2) is 9.97 Å². The molecule has 1 amide bonds. The fraction of sp³-hybridized carbons (Fsp3) is 0.214. The Bertz CT molecular complexity index is 1680. The molecule has 0 saturated carbocycles. The second-order valence-corrected chi connectivity index (χ2v) is 10.1. The number of hydrogen-bond acceptors (Lipinski definition) is 5. The first-order chi connectivity index (χ1) is 17.0. The fourth-order valence-corrected chi connectivity index (χ4v) is 5.82. The molecule has 1 aliphatic heterocycles. The molecule has 0 unspecified atom stereocenters. The molecule has 35 heavy (non-hydrogen) atoms. The Labute approximate surface area is 206 Å². The minimum atomic E-state index is -0.204. The molecule has 4 heterocycles. The van der Waals surface area contributed by atoms with Crippen molar-refractivity contribution >= 4 is 43.4 Å². The third-order valence-electron chi connectivity index (χ3n) is 6.83. The highest BCUT2D eigenvalue weighted by Crippen LogP contribution is 2.32. The molecule has 5 aromatic rings. The van der Waals surface area contributed by atoms with Crippen LogP contribution in [0.2, 0.25) is 0 Å². The van der Waals surface area contributed by atoms with Crippen molar-refractivity contribution in [3.05, 3.63) is 88.0 Å². The molecule has 1 aliphatic rings. The van der Waals surface area contributed by atoms with Crippen LogP contribution in [0.5, 0.6) is 0 Å². The van der Waals surface area contributed by atoms with Crippen molar-refractivity contribution < 1.29 is 4.79 Å². The predicted octanol–water partition coefficient (Wildman–Crippen LogP) is 5.27. The smallest absolute Gasteiger partial charge is 0.271 e. The minimum absolute atomic E-state index is 0.0360. The van der Waals surface area contributed by atoms with Crippen LogP contribution in [-0.4, -0.2) is 27.0 Å². The van der Waals surface area contributed by atoms with Crippen LogP contribution in [0.25, 0.3) is 31.7 Å². The van der Waals surface area contributed by atoms with Crippen molar-refractivity contribution in [3.63, 3.8) is 0 Å².